The van der Waals surface area contributed by atoms with Gasteiger partial charge < -0.3 is 10.4 Å². The van der Waals surface area contributed by atoms with Crippen molar-refractivity contribution in [1.82, 2.24) is 5.32 Å². The van der Waals surface area contributed by atoms with E-state index in [4.69, 9.17) is 5.11 Å². The summed E-state index contributed by atoms with van der Waals surface area (Å²) in [4.78, 5) is 0. The molecule has 0 aliphatic heterocycles. The summed E-state index contributed by atoms with van der Waals surface area (Å²) in [6, 6.07) is 6.65. The van der Waals surface area contributed by atoms with Gasteiger partial charge in [0.05, 0.1) is 6.61 Å². The Morgan fingerprint density at radius 2 is 2.20 bits per heavy atom. The van der Waals surface area contributed by atoms with Crippen molar-refractivity contribution in [2.45, 2.75) is 32.4 Å². The highest BCUT2D eigenvalue weighted by atomic mass is 19.1. The fourth-order valence-electron chi connectivity index (χ4n) is 1.53. The first-order valence-corrected chi connectivity index (χ1v) is 5.29. The zero-order valence-electron chi connectivity index (χ0n) is 9.20. The standard InChI is InChI=1S/C12H18FNO/c1-3-12(8-15)14-9(2)10-5-4-6-11(13)7-10/h4-7,9,12,14-15H,3,8H2,1-2H3/t9?,12-/m1/s1. The average molecular weight is 211 g/mol. The lowest BCUT2D eigenvalue weighted by atomic mass is 10.1. The predicted molar refractivity (Wildman–Crippen MR) is 59.1 cm³/mol. The molecule has 3 heteroatoms. The Hall–Kier alpha value is -0.930. The summed E-state index contributed by atoms with van der Waals surface area (Å²) < 4.78 is 13.0. The largest absolute Gasteiger partial charge is 0.395 e. The van der Waals surface area contributed by atoms with E-state index in [9.17, 15) is 4.39 Å². The minimum atomic E-state index is -0.224. The van der Waals surface area contributed by atoms with E-state index in [2.05, 4.69) is 5.32 Å². The highest BCUT2D eigenvalue weighted by molar-refractivity contribution is 5.19. The van der Waals surface area contributed by atoms with Gasteiger partial charge in [-0.1, -0.05) is 19.1 Å². The molecule has 0 saturated carbocycles. The van der Waals surface area contributed by atoms with E-state index in [0.29, 0.717) is 0 Å². The normalized spacial score (nSPS) is 14.9. The van der Waals surface area contributed by atoms with Crippen LogP contribution in [0, 0.1) is 5.82 Å². The maximum Gasteiger partial charge on any atom is 0.123 e. The van der Waals surface area contributed by atoms with Gasteiger partial charge in [-0.3, -0.25) is 0 Å². The second kappa shape index (κ2) is 5.83. The van der Waals surface area contributed by atoms with Crippen LogP contribution < -0.4 is 5.32 Å². The molecule has 0 heterocycles. The smallest absolute Gasteiger partial charge is 0.123 e. The van der Waals surface area contributed by atoms with Crippen molar-refractivity contribution in [2.75, 3.05) is 6.61 Å². The molecule has 15 heavy (non-hydrogen) atoms. The van der Waals surface area contributed by atoms with E-state index < -0.39 is 0 Å². The molecule has 2 nitrogen and oxygen atoms in total. The van der Waals surface area contributed by atoms with Crippen LogP contribution in [0.4, 0.5) is 4.39 Å². The molecule has 0 aliphatic rings. The van der Waals surface area contributed by atoms with Crippen LogP contribution in [0.25, 0.3) is 0 Å². The van der Waals surface area contributed by atoms with Crippen molar-refractivity contribution in [2.24, 2.45) is 0 Å². The van der Waals surface area contributed by atoms with Crippen molar-refractivity contribution in [3.8, 4) is 0 Å². The highest BCUT2D eigenvalue weighted by Gasteiger charge is 2.10. The molecule has 1 aromatic carbocycles. The molecule has 0 aliphatic carbocycles. The van der Waals surface area contributed by atoms with E-state index in [1.807, 2.05) is 19.9 Å². The van der Waals surface area contributed by atoms with E-state index in [1.165, 1.54) is 12.1 Å². The van der Waals surface area contributed by atoms with Gasteiger partial charge in [0.15, 0.2) is 0 Å². The highest BCUT2D eigenvalue weighted by Crippen LogP contribution is 2.14. The zero-order chi connectivity index (χ0) is 11.3. The van der Waals surface area contributed by atoms with E-state index in [-0.39, 0.29) is 24.5 Å². The lowest BCUT2D eigenvalue weighted by molar-refractivity contribution is 0.230. The van der Waals surface area contributed by atoms with Gasteiger partial charge in [-0.05, 0) is 31.0 Å². The monoisotopic (exact) mass is 211 g/mol. The maximum absolute atomic E-state index is 13.0. The first-order valence-electron chi connectivity index (χ1n) is 5.29. The molecule has 1 aromatic rings. The van der Waals surface area contributed by atoms with Gasteiger partial charge in [0.2, 0.25) is 0 Å². The summed E-state index contributed by atoms with van der Waals surface area (Å²) in [6.07, 6.45) is 0.857. The third-order valence-electron chi connectivity index (χ3n) is 2.55. The van der Waals surface area contributed by atoms with Gasteiger partial charge >= 0.3 is 0 Å². The molecule has 2 N–H and O–H groups in total. The van der Waals surface area contributed by atoms with Crippen molar-refractivity contribution < 1.29 is 9.50 Å². The number of aliphatic hydroxyl groups excluding tert-OH is 1. The number of hydrogen-bond donors (Lipinski definition) is 2. The molecule has 84 valence electrons. The molecule has 0 fully saturated rings. The van der Waals surface area contributed by atoms with Crippen LogP contribution in [0.1, 0.15) is 31.9 Å². The Morgan fingerprint density at radius 1 is 1.47 bits per heavy atom. The van der Waals surface area contributed by atoms with E-state index >= 15 is 0 Å². The Morgan fingerprint density at radius 3 is 2.73 bits per heavy atom. The third-order valence-corrected chi connectivity index (χ3v) is 2.55. The van der Waals surface area contributed by atoms with Crippen LogP contribution in [0.2, 0.25) is 0 Å². The summed E-state index contributed by atoms with van der Waals surface area (Å²) in [5.41, 5.74) is 0.905. The molecule has 0 saturated heterocycles. The van der Waals surface area contributed by atoms with Crippen LogP contribution in [0.15, 0.2) is 24.3 Å². The van der Waals surface area contributed by atoms with Crippen LogP contribution in [0.5, 0.6) is 0 Å². The van der Waals surface area contributed by atoms with Crippen molar-refractivity contribution >= 4 is 0 Å². The summed E-state index contributed by atoms with van der Waals surface area (Å²) in [6.45, 7) is 4.08. The van der Waals surface area contributed by atoms with Gasteiger partial charge in [-0.25, -0.2) is 4.39 Å². The van der Waals surface area contributed by atoms with Gasteiger partial charge in [0.1, 0.15) is 5.82 Å². The SMILES string of the molecule is CC[C@H](CO)NC(C)c1cccc(F)c1. The third kappa shape index (κ3) is 3.61. The van der Waals surface area contributed by atoms with Crippen molar-refractivity contribution in [3.05, 3.63) is 35.6 Å². The van der Waals surface area contributed by atoms with Crippen LogP contribution in [-0.2, 0) is 0 Å². The number of nitrogens with one attached hydrogen (secondary N) is 1. The van der Waals surface area contributed by atoms with Crippen LogP contribution in [-0.4, -0.2) is 17.8 Å². The Labute approximate surface area is 90.1 Å². The average Bonchev–Trinajstić information content (AvgIpc) is 2.25. The van der Waals surface area contributed by atoms with Gasteiger partial charge in [0.25, 0.3) is 0 Å². The summed E-state index contributed by atoms with van der Waals surface area (Å²) in [5.74, 6) is -0.224. The second-order valence-corrected chi connectivity index (χ2v) is 3.73. The first kappa shape index (κ1) is 12.1. The number of benzene rings is 1. The zero-order valence-corrected chi connectivity index (χ0v) is 9.20. The predicted octanol–water partition coefficient (Wildman–Crippen LogP) is 2.25. The lowest BCUT2D eigenvalue weighted by Crippen LogP contribution is -2.33. The van der Waals surface area contributed by atoms with E-state index in [0.717, 1.165) is 12.0 Å². The van der Waals surface area contributed by atoms with E-state index in [1.54, 1.807) is 6.07 Å². The minimum Gasteiger partial charge on any atom is -0.395 e. The van der Waals surface area contributed by atoms with Gasteiger partial charge in [0, 0.05) is 12.1 Å². The Bertz CT molecular complexity index is 299. The fraction of sp³-hybridized carbons (Fsp3) is 0.500. The minimum absolute atomic E-state index is 0.0535. The molecule has 0 bridgehead atoms. The topological polar surface area (TPSA) is 32.3 Å². The molecule has 0 aromatic heterocycles. The van der Waals surface area contributed by atoms with Crippen LogP contribution in [0.3, 0.4) is 0 Å². The molecule has 0 spiro atoms. The number of halogens is 1. The quantitative estimate of drug-likeness (QED) is 0.783. The molecule has 2 atom stereocenters. The van der Waals surface area contributed by atoms with Crippen molar-refractivity contribution in [3.63, 3.8) is 0 Å². The van der Waals surface area contributed by atoms with Crippen molar-refractivity contribution in [1.29, 1.82) is 0 Å². The van der Waals surface area contributed by atoms with Crippen LogP contribution >= 0.6 is 0 Å². The summed E-state index contributed by atoms with van der Waals surface area (Å²) in [5, 5.41) is 12.3. The summed E-state index contributed by atoms with van der Waals surface area (Å²) >= 11 is 0. The molecular weight excluding hydrogens is 193 g/mol. The second-order valence-electron chi connectivity index (χ2n) is 3.73. The molecule has 0 radical (unpaired) electrons. The molecule has 0 amide bonds. The number of rotatable bonds is 5. The lowest BCUT2D eigenvalue weighted by Gasteiger charge is -2.20. The molecule has 1 rings (SSSR count). The van der Waals surface area contributed by atoms with Gasteiger partial charge in [-0.2, -0.15) is 0 Å². The number of hydrogen-bond acceptors (Lipinski definition) is 2. The van der Waals surface area contributed by atoms with Gasteiger partial charge in [-0.15, -0.1) is 0 Å². The summed E-state index contributed by atoms with van der Waals surface area (Å²) in [7, 11) is 0. The molecule has 1 unspecified atom stereocenters. The fourth-order valence-corrected chi connectivity index (χ4v) is 1.53. The molecular formula is C12H18FNO. The Kier molecular flexibility index (Phi) is 4.72. The first-order chi connectivity index (χ1) is 7.17. The maximum atomic E-state index is 13.0. The Balaban J connectivity index is 2.64. The number of aliphatic hydroxyl groups is 1.